The van der Waals surface area contributed by atoms with Gasteiger partial charge in [0.1, 0.15) is 0 Å². The molecule has 0 heterocycles. The third kappa shape index (κ3) is 3.16. The predicted octanol–water partition coefficient (Wildman–Crippen LogP) is 2.85. The van der Waals surface area contributed by atoms with E-state index in [2.05, 4.69) is 43.4 Å². The molecule has 0 aliphatic heterocycles. The van der Waals surface area contributed by atoms with Gasteiger partial charge in [-0.25, -0.2) is 0 Å². The number of benzene rings is 1. The number of carbonyl (C=O) groups is 1. The van der Waals surface area contributed by atoms with E-state index in [1.54, 1.807) is 0 Å². The van der Waals surface area contributed by atoms with Gasteiger partial charge in [-0.2, -0.15) is 0 Å². The lowest BCUT2D eigenvalue weighted by molar-refractivity contribution is -0.142. The fourth-order valence-electron chi connectivity index (χ4n) is 2.85. The molecule has 2 rings (SSSR count). The van der Waals surface area contributed by atoms with Crippen molar-refractivity contribution >= 4 is 5.97 Å². The van der Waals surface area contributed by atoms with Crippen molar-refractivity contribution in [2.45, 2.75) is 39.7 Å². The lowest BCUT2D eigenvalue weighted by atomic mass is 9.70. The van der Waals surface area contributed by atoms with Gasteiger partial charge in [0.05, 0.1) is 13.2 Å². The molecule has 0 fully saturated rings. The predicted molar refractivity (Wildman–Crippen MR) is 75.9 cm³/mol. The number of hydrogen-bond acceptors (Lipinski definition) is 3. The van der Waals surface area contributed by atoms with E-state index in [0.29, 0.717) is 6.61 Å². The van der Waals surface area contributed by atoms with E-state index in [1.807, 2.05) is 6.92 Å². The summed E-state index contributed by atoms with van der Waals surface area (Å²) in [5.74, 6) is -0.179. The number of esters is 1. The SMILES string of the molecule is CCOC(=O)CNC1c2ccccc2CCC1(C)C. The first-order valence-electron chi connectivity index (χ1n) is 7.01. The van der Waals surface area contributed by atoms with Gasteiger partial charge in [-0.05, 0) is 36.3 Å². The number of nitrogens with one attached hydrogen (secondary N) is 1. The average Bonchev–Trinajstić information content (AvgIpc) is 2.37. The Labute approximate surface area is 115 Å². The minimum atomic E-state index is -0.179. The Morgan fingerprint density at radius 2 is 2.16 bits per heavy atom. The van der Waals surface area contributed by atoms with Gasteiger partial charge < -0.3 is 4.74 Å². The molecule has 0 amide bonds. The van der Waals surface area contributed by atoms with Gasteiger partial charge in [-0.1, -0.05) is 38.1 Å². The number of fused-ring (bicyclic) bond motifs is 1. The Kier molecular flexibility index (Phi) is 4.25. The number of rotatable bonds is 4. The highest BCUT2D eigenvalue weighted by Crippen LogP contribution is 2.43. The molecule has 3 heteroatoms. The highest BCUT2D eigenvalue weighted by molar-refractivity contribution is 5.71. The van der Waals surface area contributed by atoms with Crippen LogP contribution in [0.15, 0.2) is 24.3 Å². The van der Waals surface area contributed by atoms with Crippen molar-refractivity contribution in [2.24, 2.45) is 5.41 Å². The largest absolute Gasteiger partial charge is 0.465 e. The fraction of sp³-hybridized carbons (Fsp3) is 0.562. The minimum absolute atomic E-state index is 0.154. The van der Waals surface area contributed by atoms with Crippen LogP contribution in [0.1, 0.15) is 44.4 Å². The smallest absolute Gasteiger partial charge is 0.319 e. The summed E-state index contributed by atoms with van der Waals surface area (Å²) in [5.41, 5.74) is 2.87. The third-order valence-corrected chi connectivity index (χ3v) is 3.94. The summed E-state index contributed by atoms with van der Waals surface area (Å²) < 4.78 is 4.99. The molecule has 0 bridgehead atoms. The monoisotopic (exact) mass is 261 g/mol. The average molecular weight is 261 g/mol. The third-order valence-electron chi connectivity index (χ3n) is 3.94. The number of carbonyl (C=O) groups excluding carboxylic acids is 1. The van der Waals surface area contributed by atoms with Gasteiger partial charge in [0.15, 0.2) is 0 Å². The first-order valence-corrected chi connectivity index (χ1v) is 7.01. The maximum Gasteiger partial charge on any atom is 0.319 e. The first kappa shape index (κ1) is 14.1. The van der Waals surface area contributed by atoms with E-state index in [9.17, 15) is 4.79 Å². The molecule has 104 valence electrons. The zero-order chi connectivity index (χ0) is 13.9. The Bertz CT molecular complexity index is 454. The van der Waals surface area contributed by atoms with Crippen LogP contribution in [0.3, 0.4) is 0 Å². The van der Waals surface area contributed by atoms with Crippen LogP contribution in [0.25, 0.3) is 0 Å². The van der Waals surface area contributed by atoms with E-state index < -0.39 is 0 Å². The summed E-state index contributed by atoms with van der Waals surface area (Å²) in [7, 11) is 0. The Balaban J connectivity index is 2.14. The van der Waals surface area contributed by atoms with Crippen LogP contribution in [0.5, 0.6) is 0 Å². The molecule has 0 saturated carbocycles. The normalized spacial score (nSPS) is 20.7. The van der Waals surface area contributed by atoms with Crippen LogP contribution in [-0.2, 0) is 16.0 Å². The molecule has 1 aliphatic rings. The van der Waals surface area contributed by atoms with Gasteiger partial charge in [-0.15, -0.1) is 0 Å². The second kappa shape index (κ2) is 5.74. The molecule has 0 aromatic heterocycles. The van der Waals surface area contributed by atoms with E-state index in [1.165, 1.54) is 11.1 Å². The number of hydrogen-bond donors (Lipinski definition) is 1. The van der Waals surface area contributed by atoms with Crippen LogP contribution in [0, 0.1) is 5.41 Å². The molecule has 1 aromatic rings. The van der Waals surface area contributed by atoms with E-state index in [4.69, 9.17) is 4.74 Å². The lowest BCUT2D eigenvalue weighted by Crippen LogP contribution is -2.40. The Morgan fingerprint density at radius 1 is 1.42 bits per heavy atom. The molecule has 0 spiro atoms. The van der Waals surface area contributed by atoms with Gasteiger partial charge in [-0.3, -0.25) is 10.1 Å². The minimum Gasteiger partial charge on any atom is -0.465 e. The highest BCUT2D eigenvalue weighted by Gasteiger charge is 2.35. The number of aryl methyl sites for hydroxylation is 1. The van der Waals surface area contributed by atoms with Crippen molar-refractivity contribution in [1.29, 1.82) is 0 Å². The van der Waals surface area contributed by atoms with Crippen LogP contribution in [0.4, 0.5) is 0 Å². The fourth-order valence-corrected chi connectivity index (χ4v) is 2.85. The van der Waals surface area contributed by atoms with E-state index in [-0.39, 0.29) is 24.0 Å². The van der Waals surface area contributed by atoms with Crippen molar-refractivity contribution in [3.8, 4) is 0 Å². The summed E-state index contributed by atoms with van der Waals surface area (Å²) in [6, 6.07) is 8.71. The molecule has 0 saturated heterocycles. The maximum atomic E-state index is 11.5. The summed E-state index contributed by atoms with van der Waals surface area (Å²) in [4.78, 5) is 11.5. The van der Waals surface area contributed by atoms with Gasteiger partial charge >= 0.3 is 5.97 Å². The second-order valence-corrected chi connectivity index (χ2v) is 5.81. The first-order chi connectivity index (χ1) is 9.04. The molecular weight excluding hydrogens is 238 g/mol. The van der Waals surface area contributed by atoms with E-state index in [0.717, 1.165) is 12.8 Å². The molecule has 1 N–H and O–H groups in total. The molecule has 19 heavy (non-hydrogen) atoms. The summed E-state index contributed by atoms with van der Waals surface area (Å²) in [6.07, 6.45) is 2.24. The molecule has 1 aliphatic carbocycles. The molecule has 1 aromatic carbocycles. The van der Waals surface area contributed by atoms with Crippen LogP contribution >= 0.6 is 0 Å². The zero-order valence-electron chi connectivity index (χ0n) is 12.0. The van der Waals surface area contributed by atoms with Crippen LogP contribution in [0.2, 0.25) is 0 Å². The lowest BCUT2D eigenvalue weighted by Gasteiger charge is -2.40. The van der Waals surface area contributed by atoms with Crippen molar-refractivity contribution in [2.75, 3.05) is 13.2 Å². The van der Waals surface area contributed by atoms with Crippen molar-refractivity contribution in [3.63, 3.8) is 0 Å². The molecule has 1 atom stereocenters. The summed E-state index contributed by atoms with van der Waals surface area (Å²) in [5, 5.41) is 3.38. The maximum absolute atomic E-state index is 11.5. The van der Waals surface area contributed by atoms with E-state index >= 15 is 0 Å². The van der Waals surface area contributed by atoms with Crippen molar-refractivity contribution < 1.29 is 9.53 Å². The number of ether oxygens (including phenoxy) is 1. The quantitative estimate of drug-likeness (QED) is 0.847. The molecular formula is C16H23NO2. The second-order valence-electron chi connectivity index (χ2n) is 5.81. The Hall–Kier alpha value is -1.35. The van der Waals surface area contributed by atoms with Crippen LogP contribution in [-0.4, -0.2) is 19.1 Å². The molecule has 3 nitrogen and oxygen atoms in total. The Morgan fingerprint density at radius 3 is 2.89 bits per heavy atom. The van der Waals surface area contributed by atoms with Gasteiger partial charge in [0, 0.05) is 6.04 Å². The summed E-state index contributed by atoms with van der Waals surface area (Å²) in [6.45, 7) is 7.05. The van der Waals surface area contributed by atoms with Gasteiger partial charge in [0.2, 0.25) is 0 Å². The summed E-state index contributed by atoms with van der Waals surface area (Å²) >= 11 is 0. The highest BCUT2D eigenvalue weighted by atomic mass is 16.5. The zero-order valence-corrected chi connectivity index (χ0v) is 12.0. The standard InChI is InChI=1S/C16H23NO2/c1-4-19-14(18)11-17-15-13-8-6-5-7-12(13)9-10-16(15,2)3/h5-8,15,17H,4,9-11H2,1-3H3. The van der Waals surface area contributed by atoms with Crippen molar-refractivity contribution in [1.82, 2.24) is 5.32 Å². The van der Waals surface area contributed by atoms with Crippen molar-refractivity contribution in [3.05, 3.63) is 35.4 Å². The topological polar surface area (TPSA) is 38.3 Å². The van der Waals surface area contributed by atoms with Crippen LogP contribution < -0.4 is 5.32 Å². The van der Waals surface area contributed by atoms with Gasteiger partial charge in [0.25, 0.3) is 0 Å². The molecule has 0 radical (unpaired) electrons. The molecule has 1 unspecified atom stereocenters.